The fraction of sp³-hybridized carbons (Fsp3) is 1.00. The van der Waals surface area contributed by atoms with Gasteiger partial charge >= 0.3 is 0 Å². The summed E-state index contributed by atoms with van der Waals surface area (Å²) in [6, 6.07) is 0. The number of rotatable bonds is 9. The standard InChI is InChI=1S/C4H8Br2N4O4/c5-1-3(13-9-7-11)4(2-6)14-10-8-12/h3-4H,1-2H2,(H,9,11)(H,10,12). The molecule has 0 saturated heterocycles. The zero-order chi connectivity index (χ0) is 10.8. The van der Waals surface area contributed by atoms with Crippen LogP contribution in [0.3, 0.4) is 0 Å². The first-order chi connectivity index (χ1) is 6.79. The van der Waals surface area contributed by atoms with E-state index in [1.165, 1.54) is 0 Å². The largest absolute Gasteiger partial charge is 0.250 e. The van der Waals surface area contributed by atoms with E-state index in [1.54, 1.807) is 11.2 Å². The molecule has 0 saturated carbocycles. The lowest BCUT2D eigenvalue weighted by Gasteiger charge is -2.20. The second-order valence-corrected chi connectivity index (χ2v) is 3.28. The summed E-state index contributed by atoms with van der Waals surface area (Å²) in [5.41, 5.74) is 3.59. The molecule has 0 aliphatic rings. The third-order valence-corrected chi connectivity index (χ3v) is 2.48. The molecule has 0 radical (unpaired) electrons. The lowest BCUT2D eigenvalue weighted by atomic mass is 10.3. The summed E-state index contributed by atoms with van der Waals surface area (Å²) in [4.78, 5) is 29.0. The molecule has 0 aromatic carbocycles. The van der Waals surface area contributed by atoms with Crippen LogP contribution in [0.25, 0.3) is 0 Å². The van der Waals surface area contributed by atoms with Crippen molar-refractivity contribution in [2.24, 2.45) is 10.6 Å². The summed E-state index contributed by atoms with van der Waals surface area (Å²) >= 11 is 6.27. The molecule has 0 aromatic heterocycles. The fourth-order valence-electron chi connectivity index (χ4n) is 0.592. The average molecular weight is 336 g/mol. The second-order valence-electron chi connectivity index (χ2n) is 1.99. The summed E-state index contributed by atoms with van der Waals surface area (Å²) in [7, 11) is 0. The predicted octanol–water partition coefficient (Wildman–Crippen LogP) is 0.919. The molecule has 2 atom stereocenters. The molecule has 10 heteroatoms. The van der Waals surface area contributed by atoms with Crippen molar-refractivity contribution in [2.45, 2.75) is 12.2 Å². The van der Waals surface area contributed by atoms with E-state index in [9.17, 15) is 9.81 Å². The summed E-state index contributed by atoms with van der Waals surface area (Å²) in [5, 5.41) is 5.36. The van der Waals surface area contributed by atoms with Crippen LogP contribution in [0.15, 0.2) is 10.6 Å². The normalized spacial score (nSPS) is 14.1. The number of halogens is 2. The molecule has 0 rings (SSSR count). The Hall–Kier alpha value is -0.320. The summed E-state index contributed by atoms with van der Waals surface area (Å²) in [5.74, 6) is 0. The van der Waals surface area contributed by atoms with E-state index < -0.39 is 12.2 Å². The van der Waals surface area contributed by atoms with Crippen LogP contribution in [0.4, 0.5) is 0 Å². The van der Waals surface area contributed by atoms with Crippen LogP contribution in [0.1, 0.15) is 0 Å². The van der Waals surface area contributed by atoms with Gasteiger partial charge in [0.15, 0.2) is 0 Å². The molecule has 0 amide bonds. The van der Waals surface area contributed by atoms with Crippen molar-refractivity contribution < 1.29 is 9.68 Å². The lowest BCUT2D eigenvalue weighted by Crippen LogP contribution is -2.39. The third kappa shape index (κ3) is 5.42. The fourth-order valence-corrected chi connectivity index (χ4v) is 1.69. The molecule has 8 nitrogen and oxygen atoms in total. The van der Waals surface area contributed by atoms with Gasteiger partial charge in [-0.2, -0.15) is 0 Å². The van der Waals surface area contributed by atoms with Gasteiger partial charge in [-0.05, 0) is 0 Å². The number of alkyl halides is 2. The molecule has 82 valence electrons. The molecular formula is C4H8Br2N4O4. The Kier molecular flexibility index (Phi) is 9.03. The summed E-state index contributed by atoms with van der Waals surface area (Å²) < 4.78 is 0. The van der Waals surface area contributed by atoms with Crippen LogP contribution in [0.2, 0.25) is 0 Å². The van der Waals surface area contributed by atoms with Crippen molar-refractivity contribution in [1.82, 2.24) is 11.2 Å². The number of nitrogens with zero attached hydrogens (tertiary/aromatic N) is 2. The van der Waals surface area contributed by atoms with E-state index >= 15 is 0 Å². The van der Waals surface area contributed by atoms with E-state index in [0.29, 0.717) is 10.7 Å². The predicted molar refractivity (Wildman–Crippen MR) is 55.2 cm³/mol. The quantitative estimate of drug-likeness (QED) is 0.369. The van der Waals surface area contributed by atoms with Gasteiger partial charge in [0.1, 0.15) is 12.2 Å². The minimum Gasteiger partial charge on any atom is -0.250 e. The van der Waals surface area contributed by atoms with Crippen molar-refractivity contribution in [2.75, 3.05) is 10.7 Å². The highest BCUT2D eigenvalue weighted by Crippen LogP contribution is 2.08. The molecule has 0 heterocycles. The molecule has 0 spiro atoms. The molecule has 0 bridgehead atoms. The zero-order valence-corrected chi connectivity index (χ0v) is 10.0. The van der Waals surface area contributed by atoms with Gasteiger partial charge in [-0.3, -0.25) is 0 Å². The van der Waals surface area contributed by atoms with Gasteiger partial charge in [0.05, 0.1) is 10.6 Å². The Morgan fingerprint density at radius 3 is 1.57 bits per heavy atom. The minimum atomic E-state index is -0.513. The maximum Gasteiger partial charge on any atom is 0.126 e. The van der Waals surface area contributed by atoms with Crippen molar-refractivity contribution >= 4 is 31.9 Å². The molecular weight excluding hydrogens is 328 g/mol. The number of hydrogen-bond donors (Lipinski definition) is 2. The number of hydrogen-bond acceptors (Lipinski definition) is 6. The highest BCUT2D eigenvalue weighted by atomic mass is 79.9. The highest BCUT2D eigenvalue weighted by molar-refractivity contribution is 9.09. The SMILES string of the molecule is O=NNOC(CBr)C(CBr)ONN=O. The highest BCUT2D eigenvalue weighted by Gasteiger charge is 2.22. The van der Waals surface area contributed by atoms with Crippen molar-refractivity contribution in [1.29, 1.82) is 0 Å². The Morgan fingerprint density at radius 2 is 1.36 bits per heavy atom. The Balaban J connectivity index is 3.98. The first-order valence-corrected chi connectivity index (χ1v) is 5.62. The molecule has 0 aliphatic heterocycles. The van der Waals surface area contributed by atoms with Crippen molar-refractivity contribution in [3.8, 4) is 0 Å². The van der Waals surface area contributed by atoms with Gasteiger partial charge in [-0.15, -0.1) is 21.0 Å². The molecule has 0 fully saturated rings. The summed E-state index contributed by atoms with van der Waals surface area (Å²) in [6.45, 7) is 0. The first-order valence-electron chi connectivity index (χ1n) is 3.38. The van der Waals surface area contributed by atoms with Gasteiger partial charge in [-0.1, -0.05) is 31.9 Å². The van der Waals surface area contributed by atoms with Crippen LogP contribution in [0.5, 0.6) is 0 Å². The van der Waals surface area contributed by atoms with E-state index in [2.05, 4.69) is 42.4 Å². The lowest BCUT2D eigenvalue weighted by molar-refractivity contribution is -0.119. The second kappa shape index (κ2) is 9.24. The van der Waals surface area contributed by atoms with Crippen LogP contribution in [-0.4, -0.2) is 22.9 Å². The zero-order valence-electron chi connectivity index (χ0n) is 6.85. The van der Waals surface area contributed by atoms with Gasteiger partial charge < -0.3 is 0 Å². The van der Waals surface area contributed by atoms with Crippen LogP contribution in [-0.2, 0) is 9.68 Å². The van der Waals surface area contributed by atoms with Gasteiger partial charge in [0.2, 0.25) is 0 Å². The maximum absolute atomic E-state index is 9.71. The molecule has 2 N–H and O–H groups in total. The van der Waals surface area contributed by atoms with Crippen LogP contribution in [0, 0.1) is 9.81 Å². The van der Waals surface area contributed by atoms with E-state index in [4.69, 9.17) is 9.68 Å². The van der Waals surface area contributed by atoms with Crippen molar-refractivity contribution in [3.05, 3.63) is 9.81 Å². The molecule has 2 unspecified atom stereocenters. The smallest absolute Gasteiger partial charge is 0.126 e. The molecule has 14 heavy (non-hydrogen) atoms. The average Bonchev–Trinajstić information content (AvgIpc) is 2.23. The minimum absolute atomic E-state index is 0.381. The molecule has 0 aliphatic carbocycles. The van der Waals surface area contributed by atoms with E-state index in [1.807, 2.05) is 0 Å². The Labute approximate surface area is 96.1 Å². The van der Waals surface area contributed by atoms with Crippen LogP contribution < -0.4 is 11.2 Å². The van der Waals surface area contributed by atoms with Crippen LogP contribution >= 0.6 is 31.9 Å². The van der Waals surface area contributed by atoms with E-state index in [0.717, 1.165) is 0 Å². The monoisotopic (exact) mass is 334 g/mol. The van der Waals surface area contributed by atoms with Crippen molar-refractivity contribution in [3.63, 3.8) is 0 Å². The number of nitroso groups, excluding NO2 is 2. The third-order valence-electron chi connectivity index (χ3n) is 1.20. The molecule has 0 aromatic rings. The Morgan fingerprint density at radius 1 is 1.00 bits per heavy atom. The van der Waals surface area contributed by atoms with Gasteiger partial charge in [-0.25, -0.2) is 9.68 Å². The van der Waals surface area contributed by atoms with Gasteiger partial charge in [0.25, 0.3) is 0 Å². The van der Waals surface area contributed by atoms with Gasteiger partial charge in [0, 0.05) is 10.7 Å². The summed E-state index contributed by atoms with van der Waals surface area (Å²) in [6.07, 6.45) is -1.03. The first kappa shape index (κ1) is 13.7. The number of nitrogens with one attached hydrogen (secondary N) is 2. The topological polar surface area (TPSA) is 101 Å². The van der Waals surface area contributed by atoms with E-state index in [-0.39, 0.29) is 0 Å². The maximum atomic E-state index is 9.71. The Bertz CT molecular complexity index is 155.